The average Bonchev–Trinajstić information content (AvgIpc) is 2.74. The zero-order valence-corrected chi connectivity index (χ0v) is 9.20. The molecule has 2 N–H and O–H groups in total. The van der Waals surface area contributed by atoms with Crippen LogP contribution in [-0.4, -0.2) is 24.2 Å². The molecule has 1 atom stereocenters. The minimum Gasteiger partial charge on any atom is -0.487 e. The first-order valence-electron chi connectivity index (χ1n) is 5.87. The summed E-state index contributed by atoms with van der Waals surface area (Å²) < 4.78 is 6.01. The zero-order valence-electron chi connectivity index (χ0n) is 9.20. The zero-order chi connectivity index (χ0) is 10.8. The lowest BCUT2D eigenvalue weighted by Gasteiger charge is -2.23. The Labute approximate surface area is 94.8 Å². The van der Waals surface area contributed by atoms with Gasteiger partial charge in [-0.15, -0.1) is 0 Å². The third kappa shape index (κ3) is 1.78. The van der Waals surface area contributed by atoms with Crippen molar-refractivity contribution in [2.75, 3.05) is 13.1 Å². The summed E-state index contributed by atoms with van der Waals surface area (Å²) in [6.45, 7) is 2.08. The fraction of sp³-hybridized carbons (Fsp3) is 0.385. The number of nitrogens with one attached hydrogen (secondary N) is 2. The van der Waals surface area contributed by atoms with E-state index in [0.717, 1.165) is 30.8 Å². The second-order valence-corrected chi connectivity index (χ2v) is 4.28. The Morgan fingerprint density at radius 1 is 1.25 bits per heavy atom. The van der Waals surface area contributed by atoms with Crippen LogP contribution in [0.2, 0.25) is 0 Å². The molecule has 2 heterocycles. The van der Waals surface area contributed by atoms with Crippen molar-refractivity contribution in [3.05, 3.63) is 30.5 Å². The first kappa shape index (κ1) is 9.73. The summed E-state index contributed by atoms with van der Waals surface area (Å²) in [6, 6.07) is 8.24. The number of aromatic amines is 1. The van der Waals surface area contributed by atoms with Crippen LogP contribution in [0.1, 0.15) is 12.8 Å². The third-order valence-corrected chi connectivity index (χ3v) is 3.10. The molecule has 1 fully saturated rings. The molecule has 1 saturated heterocycles. The monoisotopic (exact) mass is 216 g/mol. The minimum absolute atomic E-state index is 0.313. The van der Waals surface area contributed by atoms with Gasteiger partial charge in [0.05, 0.1) is 0 Å². The summed E-state index contributed by atoms with van der Waals surface area (Å²) in [7, 11) is 0. The van der Waals surface area contributed by atoms with Crippen molar-refractivity contribution in [3.8, 4) is 5.75 Å². The first-order valence-corrected chi connectivity index (χ1v) is 5.87. The second kappa shape index (κ2) is 4.18. The molecule has 0 radical (unpaired) electrons. The van der Waals surface area contributed by atoms with E-state index in [0.29, 0.717) is 6.10 Å². The molecule has 0 spiro atoms. The Kier molecular flexibility index (Phi) is 2.54. The summed E-state index contributed by atoms with van der Waals surface area (Å²) in [5, 5.41) is 4.53. The van der Waals surface area contributed by atoms with E-state index in [1.807, 2.05) is 18.3 Å². The van der Waals surface area contributed by atoms with Gasteiger partial charge in [0, 0.05) is 23.6 Å². The second-order valence-electron chi connectivity index (χ2n) is 4.28. The molecule has 1 aromatic heterocycles. The quantitative estimate of drug-likeness (QED) is 0.808. The van der Waals surface area contributed by atoms with E-state index in [1.165, 1.54) is 11.8 Å². The molecule has 0 bridgehead atoms. The van der Waals surface area contributed by atoms with Crippen LogP contribution in [0.25, 0.3) is 10.9 Å². The largest absolute Gasteiger partial charge is 0.487 e. The van der Waals surface area contributed by atoms with Crippen molar-refractivity contribution in [1.82, 2.24) is 10.3 Å². The fourth-order valence-corrected chi connectivity index (χ4v) is 2.24. The molecule has 1 aliphatic rings. The van der Waals surface area contributed by atoms with Crippen molar-refractivity contribution < 1.29 is 4.74 Å². The van der Waals surface area contributed by atoms with Crippen LogP contribution >= 0.6 is 0 Å². The number of aromatic nitrogens is 1. The van der Waals surface area contributed by atoms with Crippen LogP contribution in [0, 0.1) is 0 Å². The highest BCUT2D eigenvalue weighted by Crippen LogP contribution is 2.26. The molecular formula is C13H16N2O. The topological polar surface area (TPSA) is 37.0 Å². The van der Waals surface area contributed by atoms with Gasteiger partial charge in [0.25, 0.3) is 0 Å². The van der Waals surface area contributed by atoms with Gasteiger partial charge in [-0.3, -0.25) is 0 Å². The predicted molar refractivity (Wildman–Crippen MR) is 64.8 cm³/mol. The number of rotatable bonds is 2. The number of para-hydroxylation sites is 1. The van der Waals surface area contributed by atoms with Crippen LogP contribution in [0.3, 0.4) is 0 Å². The highest BCUT2D eigenvalue weighted by molar-refractivity contribution is 5.85. The van der Waals surface area contributed by atoms with Crippen LogP contribution in [0.4, 0.5) is 0 Å². The van der Waals surface area contributed by atoms with Gasteiger partial charge in [-0.2, -0.15) is 0 Å². The Bertz CT molecular complexity index is 471. The maximum absolute atomic E-state index is 6.01. The van der Waals surface area contributed by atoms with Gasteiger partial charge in [0.15, 0.2) is 0 Å². The summed E-state index contributed by atoms with van der Waals surface area (Å²) in [5.41, 5.74) is 1.14. The number of piperidine rings is 1. The van der Waals surface area contributed by atoms with E-state index in [2.05, 4.69) is 22.4 Å². The number of H-pyrrole nitrogens is 1. The SMILES string of the molecule is c1ccc2c(OC3CCCNC3)c[nH]c2c1. The van der Waals surface area contributed by atoms with Crippen molar-refractivity contribution >= 4 is 10.9 Å². The lowest BCUT2D eigenvalue weighted by Crippen LogP contribution is -2.37. The number of fused-ring (bicyclic) bond motifs is 1. The van der Waals surface area contributed by atoms with Crippen LogP contribution in [0.5, 0.6) is 5.75 Å². The number of benzene rings is 1. The van der Waals surface area contributed by atoms with E-state index < -0.39 is 0 Å². The summed E-state index contributed by atoms with van der Waals surface area (Å²) in [5.74, 6) is 0.976. The fourth-order valence-electron chi connectivity index (χ4n) is 2.24. The van der Waals surface area contributed by atoms with E-state index in [9.17, 15) is 0 Å². The standard InChI is InChI=1S/C13H16N2O/c1-2-6-12-11(5-1)13(9-15-12)16-10-4-3-7-14-8-10/h1-2,5-6,9-10,14-15H,3-4,7-8H2. The Balaban J connectivity index is 1.83. The molecule has 1 aromatic carbocycles. The summed E-state index contributed by atoms with van der Waals surface area (Å²) >= 11 is 0. The molecule has 0 saturated carbocycles. The maximum atomic E-state index is 6.01. The van der Waals surface area contributed by atoms with Crippen molar-refractivity contribution in [3.63, 3.8) is 0 Å². The van der Waals surface area contributed by atoms with Crippen LogP contribution in [-0.2, 0) is 0 Å². The third-order valence-electron chi connectivity index (χ3n) is 3.10. The van der Waals surface area contributed by atoms with E-state index in [4.69, 9.17) is 4.74 Å². The van der Waals surface area contributed by atoms with Crippen molar-refractivity contribution in [1.29, 1.82) is 0 Å². The summed E-state index contributed by atoms with van der Waals surface area (Å²) in [6.07, 6.45) is 4.62. The van der Waals surface area contributed by atoms with Crippen LogP contribution < -0.4 is 10.1 Å². The predicted octanol–water partition coefficient (Wildman–Crippen LogP) is 2.30. The number of hydrogen-bond donors (Lipinski definition) is 2. The maximum Gasteiger partial charge on any atom is 0.145 e. The molecule has 2 aromatic rings. The number of hydrogen-bond acceptors (Lipinski definition) is 2. The van der Waals surface area contributed by atoms with Crippen molar-refractivity contribution in [2.24, 2.45) is 0 Å². The molecule has 3 heteroatoms. The highest BCUT2D eigenvalue weighted by atomic mass is 16.5. The molecule has 0 aliphatic carbocycles. The van der Waals surface area contributed by atoms with Gasteiger partial charge in [0.2, 0.25) is 0 Å². The lowest BCUT2D eigenvalue weighted by molar-refractivity contribution is 0.169. The average molecular weight is 216 g/mol. The Morgan fingerprint density at radius 3 is 3.06 bits per heavy atom. The first-order chi connectivity index (χ1) is 7.93. The Morgan fingerprint density at radius 2 is 2.19 bits per heavy atom. The molecule has 1 aliphatic heterocycles. The molecule has 84 valence electrons. The molecule has 1 unspecified atom stereocenters. The number of ether oxygens (including phenoxy) is 1. The van der Waals surface area contributed by atoms with Crippen LogP contribution in [0.15, 0.2) is 30.5 Å². The van der Waals surface area contributed by atoms with Gasteiger partial charge in [-0.1, -0.05) is 12.1 Å². The smallest absolute Gasteiger partial charge is 0.145 e. The van der Waals surface area contributed by atoms with E-state index in [-0.39, 0.29) is 0 Å². The lowest BCUT2D eigenvalue weighted by atomic mass is 10.1. The molecular weight excluding hydrogens is 200 g/mol. The van der Waals surface area contributed by atoms with Crippen molar-refractivity contribution in [2.45, 2.75) is 18.9 Å². The van der Waals surface area contributed by atoms with Gasteiger partial charge in [0.1, 0.15) is 11.9 Å². The summed E-state index contributed by atoms with van der Waals surface area (Å²) in [4.78, 5) is 3.23. The normalized spacial score (nSPS) is 21.1. The van der Waals surface area contributed by atoms with Gasteiger partial charge < -0.3 is 15.0 Å². The van der Waals surface area contributed by atoms with Gasteiger partial charge >= 0.3 is 0 Å². The molecule has 16 heavy (non-hydrogen) atoms. The van der Waals surface area contributed by atoms with Gasteiger partial charge in [-0.05, 0) is 31.5 Å². The molecule has 0 amide bonds. The highest BCUT2D eigenvalue weighted by Gasteiger charge is 2.15. The van der Waals surface area contributed by atoms with E-state index >= 15 is 0 Å². The minimum atomic E-state index is 0.313. The van der Waals surface area contributed by atoms with Gasteiger partial charge in [-0.25, -0.2) is 0 Å². The Hall–Kier alpha value is -1.48. The molecule has 3 rings (SSSR count). The van der Waals surface area contributed by atoms with E-state index in [1.54, 1.807) is 0 Å². The molecule has 3 nitrogen and oxygen atoms in total.